The number of carbonyl (C=O) groups is 1. The maximum absolute atomic E-state index is 13.0. The second-order valence-electron chi connectivity index (χ2n) is 8.91. The van der Waals surface area contributed by atoms with E-state index in [-0.39, 0.29) is 5.91 Å². The van der Waals surface area contributed by atoms with E-state index in [2.05, 4.69) is 60.5 Å². The van der Waals surface area contributed by atoms with Gasteiger partial charge in [0.1, 0.15) is 11.3 Å². The van der Waals surface area contributed by atoms with Gasteiger partial charge in [0.15, 0.2) is 0 Å². The molecular formula is C29H30N2O3. The fraction of sp³-hybridized carbons (Fsp3) is 0.276. The molecule has 1 saturated heterocycles. The predicted octanol–water partition coefficient (Wildman–Crippen LogP) is 5.83. The number of fused-ring (bicyclic) bond motifs is 2. The monoisotopic (exact) mass is 454 g/mol. The Kier molecular flexibility index (Phi) is 6.12. The minimum absolute atomic E-state index is 0.0506. The highest BCUT2D eigenvalue weighted by Gasteiger charge is 2.20. The number of amides is 1. The lowest BCUT2D eigenvalue weighted by molar-refractivity contribution is -0.127. The molecule has 5 nitrogen and oxygen atoms in total. The van der Waals surface area contributed by atoms with E-state index < -0.39 is 0 Å². The van der Waals surface area contributed by atoms with Gasteiger partial charge < -0.3 is 19.0 Å². The summed E-state index contributed by atoms with van der Waals surface area (Å²) in [6.07, 6.45) is 3.56. The van der Waals surface area contributed by atoms with Crippen LogP contribution in [0.1, 0.15) is 19.4 Å². The molecule has 1 aliphatic heterocycles. The van der Waals surface area contributed by atoms with Gasteiger partial charge in [-0.15, -0.1) is 0 Å². The van der Waals surface area contributed by atoms with Gasteiger partial charge in [-0.05, 0) is 48.9 Å². The van der Waals surface area contributed by atoms with Crippen molar-refractivity contribution >= 4 is 33.2 Å². The van der Waals surface area contributed by atoms with E-state index >= 15 is 0 Å². The van der Waals surface area contributed by atoms with Crippen LogP contribution in [0.3, 0.4) is 0 Å². The van der Waals surface area contributed by atoms with E-state index in [1.54, 1.807) is 6.08 Å². The summed E-state index contributed by atoms with van der Waals surface area (Å²) in [6, 6.07) is 18.7. The van der Waals surface area contributed by atoms with Gasteiger partial charge in [-0.1, -0.05) is 42.5 Å². The zero-order chi connectivity index (χ0) is 23.7. The molecule has 4 aromatic rings. The summed E-state index contributed by atoms with van der Waals surface area (Å²) < 4.78 is 11.9. The van der Waals surface area contributed by atoms with Crippen LogP contribution in [0.5, 0.6) is 5.75 Å². The number of hydrogen-bond acceptors (Lipinski definition) is 4. The number of benzene rings is 3. The van der Waals surface area contributed by atoms with Crippen LogP contribution in [0.4, 0.5) is 0 Å². The molecule has 0 N–H and O–H groups in total. The van der Waals surface area contributed by atoms with E-state index in [9.17, 15) is 4.79 Å². The van der Waals surface area contributed by atoms with E-state index in [1.165, 1.54) is 10.8 Å². The molecule has 34 heavy (non-hydrogen) atoms. The van der Waals surface area contributed by atoms with Crippen molar-refractivity contribution < 1.29 is 13.9 Å². The first-order valence-electron chi connectivity index (χ1n) is 11.9. The van der Waals surface area contributed by atoms with Gasteiger partial charge in [0, 0.05) is 54.8 Å². The van der Waals surface area contributed by atoms with E-state index in [4.69, 9.17) is 9.15 Å². The number of furan rings is 1. The molecule has 0 aliphatic carbocycles. The van der Waals surface area contributed by atoms with Crippen LogP contribution in [0.2, 0.25) is 0 Å². The van der Waals surface area contributed by atoms with Crippen LogP contribution >= 0.6 is 0 Å². The zero-order valence-electron chi connectivity index (χ0n) is 20.0. The van der Waals surface area contributed by atoms with E-state index in [0.717, 1.165) is 65.2 Å². The molecule has 1 fully saturated rings. The van der Waals surface area contributed by atoms with Gasteiger partial charge in [-0.2, -0.15) is 0 Å². The largest absolute Gasteiger partial charge is 0.493 e. The summed E-state index contributed by atoms with van der Waals surface area (Å²) in [5.74, 6) is 0.781. The smallest absolute Gasteiger partial charge is 0.246 e. The van der Waals surface area contributed by atoms with E-state index in [1.807, 2.05) is 31.1 Å². The normalized spacial score (nSPS) is 15.3. The molecule has 3 aromatic carbocycles. The molecule has 5 heteroatoms. The molecule has 174 valence electrons. The van der Waals surface area contributed by atoms with Crippen LogP contribution in [0.25, 0.3) is 38.4 Å². The van der Waals surface area contributed by atoms with Crippen LogP contribution in [-0.2, 0) is 4.79 Å². The topological polar surface area (TPSA) is 45.9 Å². The minimum atomic E-state index is 0.0506. The predicted molar refractivity (Wildman–Crippen MR) is 138 cm³/mol. The summed E-state index contributed by atoms with van der Waals surface area (Å²) in [7, 11) is 2.09. The molecule has 5 rings (SSSR count). The quantitative estimate of drug-likeness (QED) is 0.356. The summed E-state index contributed by atoms with van der Waals surface area (Å²) in [6.45, 7) is 7.79. The number of ether oxygens (including phenoxy) is 1. The summed E-state index contributed by atoms with van der Waals surface area (Å²) in [5.41, 5.74) is 4.74. The number of hydrogen-bond donors (Lipinski definition) is 0. The first kappa shape index (κ1) is 22.2. The Labute approximate surface area is 200 Å². The third-order valence-corrected chi connectivity index (χ3v) is 6.64. The van der Waals surface area contributed by atoms with Crippen molar-refractivity contribution in [2.75, 3.05) is 39.8 Å². The van der Waals surface area contributed by atoms with Gasteiger partial charge in [0.05, 0.1) is 12.9 Å². The highest BCUT2D eigenvalue weighted by molar-refractivity contribution is 6.06. The number of piperazine rings is 1. The van der Waals surface area contributed by atoms with Crippen molar-refractivity contribution in [1.29, 1.82) is 0 Å². The molecular weight excluding hydrogens is 424 g/mol. The van der Waals surface area contributed by atoms with Crippen molar-refractivity contribution in [1.82, 2.24) is 9.80 Å². The van der Waals surface area contributed by atoms with Crippen molar-refractivity contribution in [3.63, 3.8) is 0 Å². The highest BCUT2D eigenvalue weighted by atomic mass is 16.5. The number of allylic oxidation sites excluding steroid dienone is 1. The summed E-state index contributed by atoms with van der Waals surface area (Å²) in [4.78, 5) is 17.1. The highest BCUT2D eigenvalue weighted by Crippen LogP contribution is 2.39. The lowest BCUT2D eigenvalue weighted by Crippen LogP contribution is -2.46. The molecule has 2 heterocycles. The maximum Gasteiger partial charge on any atom is 0.246 e. The van der Waals surface area contributed by atoms with Crippen molar-refractivity contribution in [2.24, 2.45) is 0 Å². The first-order valence-corrected chi connectivity index (χ1v) is 11.9. The fourth-order valence-electron chi connectivity index (χ4n) is 4.69. The van der Waals surface area contributed by atoms with Crippen LogP contribution < -0.4 is 4.74 Å². The van der Waals surface area contributed by atoms with E-state index in [0.29, 0.717) is 6.61 Å². The second-order valence-corrected chi connectivity index (χ2v) is 8.91. The van der Waals surface area contributed by atoms with Crippen LogP contribution in [0.15, 0.2) is 71.4 Å². The fourth-order valence-corrected chi connectivity index (χ4v) is 4.69. The Bertz CT molecular complexity index is 1370. The number of likely N-dealkylation sites (N-methyl/N-ethyl adjacent to an activating group) is 1. The number of rotatable bonds is 5. The summed E-state index contributed by atoms with van der Waals surface area (Å²) in [5, 5.41) is 3.38. The van der Waals surface area contributed by atoms with Crippen LogP contribution in [0, 0.1) is 0 Å². The van der Waals surface area contributed by atoms with Crippen molar-refractivity contribution in [3.05, 3.63) is 72.5 Å². The Morgan fingerprint density at radius 2 is 1.76 bits per heavy atom. The van der Waals surface area contributed by atoms with Gasteiger partial charge >= 0.3 is 0 Å². The Hall–Kier alpha value is -3.57. The third-order valence-electron chi connectivity index (χ3n) is 6.64. The second kappa shape index (κ2) is 9.35. The Balaban J connectivity index is 1.58. The van der Waals surface area contributed by atoms with Crippen molar-refractivity contribution in [3.8, 4) is 16.9 Å². The lowest BCUT2D eigenvalue weighted by Gasteiger charge is -2.31. The van der Waals surface area contributed by atoms with Crippen LogP contribution in [-0.4, -0.2) is 55.5 Å². The van der Waals surface area contributed by atoms with Gasteiger partial charge in [-0.3, -0.25) is 4.79 Å². The average molecular weight is 455 g/mol. The molecule has 0 bridgehead atoms. The standard InChI is InChI=1S/C29H30N2O3/c1-4-33-27-18-28-25(17-24(27)20(2)16-29(32)31-14-12-30(3)13-15-31)26(19-34-28)23-11-7-9-21-8-5-6-10-22(21)23/h5-11,16-19H,4,12-15H2,1-3H3/b20-16+. The molecule has 0 atom stereocenters. The molecule has 0 unspecified atom stereocenters. The average Bonchev–Trinajstić information content (AvgIpc) is 3.26. The number of nitrogens with zero attached hydrogens (tertiary/aromatic N) is 2. The molecule has 0 spiro atoms. The molecule has 0 saturated carbocycles. The Morgan fingerprint density at radius 3 is 2.56 bits per heavy atom. The molecule has 1 aromatic heterocycles. The van der Waals surface area contributed by atoms with Gasteiger partial charge in [0.2, 0.25) is 5.91 Å². The van der Waals surface area contributed by atoms with Gasteiger partial charge in [-0.25, -0.2) is 0 Å². The molecule has 1 amide bonds. The molecule has 0 radical (unpaired) electrons. The van der Waals surface area contributed by atoms with Crippen molar-refractivity contribution in [2.45, 2.75) is 13.8 Å². The number of carbonyl (C=O) groups excluding carboxylic acids is 1. The minimum Gasteiger partial charge on any atom is -0.493 e. The molecule has 1 aliphatic rings. The Morgan fingerprint density at radius 1 is 1.00 bits per heavy atom. The maximum atomic E-state index is 13.0. The third kappa shape index (κ3) is 4.19. The SMILES string of the molecule is CCOc1cc2occ(-c3cccc4ccccc34)c2cc1/C(C)=C/C(=O)N1CCN(C)CC1. The lowest BCUT2D eigenvalue weighted by atomic mass is 9.96. The zero-order valence-corrected chi connectivity index (χ0v) is 20.0. The first-order chi connectivity index (χ1) is 16.5. The van der Waals surface area contributed by atoms with Gasteiger partial charge in [0.25, 0.3) is 0 Å². The summed E-state index contributed by atoms with van der Waals surface area (Å²) >= 11 is 0.